The first-order chi connectivity index (χ1) is 12.2. The predicted octanol–water partition coefficient (Wildman–Crippen LogP) is 2.94. The average molecular weight is 487 g/mol. The number of nitrogens with one attached hydrogen (secondary N) is 3. The van der Waals surface area contributed by atoms with Gasteiger partial charge in [0.25, 0.3) is 5.91 Å². The third kappa shape index (κ3) is 6.91. The summed E-state index contributed by atoms with van der Waals surface area (Å²) in [5.41, 5.74) is 1.63. The lowest BCUT2D eigenvalue weighted by atomic mass is 10.1. The number of thiazole rings is 1. The summed E-state index contributed by atoms with van der Waals surface area (Å²) in [7, 11) is 1.63. The van der Waals surface area contributed by atoms with E-state index in [-0.39, 0.29) is 29.9 Å². The minimum absolute atomic E-state index is 0. The van der Waals surface area contributed by atoms with Gasteiger partial charge in [0.2, 0.25) is 0 Å². The number of rotatable bonds is 7. The van der Waals surface area contributed by atoms with E-state index in [0.717, 1.165) is 29.5 Å². The van der Waals surface area contributed by atoms with Crippen LogP contribution in [0.1, 0.15) is 39.7 Å². The van der Waals surface area contributed by atoms with Gasteiger partial charge in [0.05, 0.1) is 13.1 Å². The van der Waals surface area contributed by atoms with Gasteiger partial charge in [0.15, 0.2) is 5.96 Å². The highest BCUT2D eigenvalue weighted by molar-refractivity contribution is 14.0. The average Bonchev–Trinajstić information content (AvgIpc) is 3.11. The highest BCUT2D eigenvalue weighted by Gasteiger charge is 2.05. The molecule has 1 heterocycles. The first kappa shape index (κ1) is 22.4. The molecule has 142 valence electrons. The van der Waals surface area contributed by atoms with Crippen molar-refractivity contribution in [3.8, 4) is 0 Å². The van der Waals surface area contributed by atoms with Gasteiger partial charge >= 0.3 is 0 Å². The fourth-order valence-electron chi connectivity index (χ4n) is 2.22. The molecule has 0 radical (unpaired) electrons. The summed E-state index contributed by atoms with van der Waals surface area (Å²) >= 11 is 1.71. The topological polar surface area (TPSA) is 78.4 Å². The molecular weight excluding hydrogens is 461 g/mol. The third-order valence-corrected chi connectivity index (χ3v) is 4.68. The number of carbonyl (C=O) groups is 1. The quantitative estimate of drug-likeness (QED) is 0.319. The molecule has 0 unspecified atom stereocenters. The zero-order valence-corrected chi connectivity index (χ0v) is 18.5. The number of benzene rings is 1. The fourth-order valence-corrected chi connectivity index (χ4v) is 3.02. The Kier molecular flexibility index (Phi) is 10.2. The van der Waals surface area contributed by atoms with E-state index in [1.165, 1.54) is 4.88 Å². The molecule has 3 N–H and O–H groups in total. The van der Waals surface area contributed by atoms with Crippen LogP contribution in [0, 0.1) is 0 Å². The van der Waals surface area contributed by atoms with Crippen molar-refractivity contribution in [2.75, 3.05) is 13.6 Å². The molecule has 8 heteroatoms. The second-order valence-electron chi connectivity index (χ2n) is 5.40. The van der Waals surface area contributed by atoms with Gasteiger partial charge in [-0.05, 0) is 31.0 Å². The molecule has 1 aromatic heterocycles. The zero-order chi connectivity index (χ0) is 18.1. The molecular formula is C18H26IN5OS. The number of aryl methyl sites for hydroxylation is 1. The summed E-state index contributed by atoms with van der Waals surface area (Å²) < 4.78 is 0. The molecule has 0 atom stereocenters. The smallest absolute Gasteiger partial charge is 0.251 e. The molecule has 0 fully saturated rings. The van der Waals surface area contributed by atoms with Crippen LogP contribution in [0.4, 0.5) is 0 Å². The highest BCUT2D eigenvalue weighted by atomic mass is 127. The SMILES string of the molecule is CCNC(=NCc1cccc(C(=O)NC)c1)NCc1ncc(CC)s1.I. The Morgan fingerprint density at radius 1 is 1.27 bits per heavy atom. The van der Waals surface area contributed by atoms with E-state index in [1.54, 1.807) is 24.5 Å². The van der Waals surface area contributed by atoms with Crippen molar-refractivity contribution in [3.05, 3.63) is 51.5 Å². The van der Waals surface area contributed by atoms with Crippen LogP contribution in [0.5, 0.6) is 0 Å². The number of carbonyl (C=O) groups excluding carboxylic acids is 1. The van der Waals surface area contributed by atoms with E-state index >= 15 is 0 Å². The van der Waals surface area contributed by atoms with Gasteiger partial charge in [-0.2, -0.15) is 0 Å². The maximum atomic E-state index is 11.7. The van der Waals surface area contributed by atoms with Gasteiger partial charge < -0.3 is 16.0 Å². The Morgan fingerprint density at radius 3 is 2.73 bits per heavy atom. The van der Waals surface area contributed by atoms with Crippen molar-refractivity contribution >= 4 is 47.2 Å². The van der Waals surface area contributed by atoms with Crippen molar-refractivity contribution in [2.24, 2.45) is 4.99 Å². The summed E-state index contributed by atoms with van der Waals surface area (Å²) in [6.07, 6.45) is 2.93. The second kappa shape index (κ2) is 11.8. The Labute approximate surface area is 175 Å². The molecule has 0 spiro atoms. The Bertz CT molecular complexity index is 732. The molecule has 0 bridgehead atoms. The molecule has 6 nitrogen and oxygen atoms in total. The molecule has 0 saturated heterocycles. The normalized spacial score (nSPS) is 10.8. The first-order valence-corrected chi connectivity index (χ1v) is 9.24. The number of amides is 1. The molecule has 2 rings (SSSR count). The minimum atomic E-state index is -0.0913. The minimum Gasteiger partial charge on any atom is -0.357 e. The van der Waals surface area contributed by atoms with Gasteiger partial charge in [-0.1, -0.05) is 19.1 Å². The standard InChI is InChI=1S/C18H25N5OS.HI/c1-4-15-11-21-16(25-15)12-23-18(20-5-2)22-10-13-7-6-8-14(9-13)17(24)19-3;/h6-9,11H,4-5,10,12H2,1-3H3,(H,19,24)(H2,20,22,23);1H. The monoisotopic (exact) mass is 487 g/mol. The molecule has 26 heavy (non-hydrogen) atoms. The maximum absolute atomic E-state index is 11.7. The second-order valence-corrected chi connectivity index (χ2v) is 6.60. The molecule has 0 saturated carbocycles. The van der Waals surface area contributed by atoms with Crippen molar-refractivity contribution in [3.63, 3.8) is 0 Å². The predicted molar refractivity (Wildman–Crippen MR) is 118 cm³/mol. The van der Waals surface area contributed by atoms with Crippen LogP contribution in [0.25, 0.3) is 0 Å². The number of nitrogens with zero attached hydrogens (tertiary/aromatic N) is 2. The number of hydrogen-bond donors (Lipinski definition) is 3. The summed E-state index contributed by atoms with van der Waals surface area (Å²) in [6, 6.07) is 7.50. The summed E-state index contributed by atoms with van der Waals surface area (Å²) in [4.78, 5) is 22.0. The Balaban J connectivity index is 0.00000338. The fraction of sp³-hybridized carbons (Fsp3) is 0.389. The van der Waals surface area contributed by atoms with E-state index in [9.17, 15) is 4.79 Å². The largest absolute Gasteiger partial charge is 0.357 e. The van der Waals surface area contributed by atoms with Gasteiger partial charge in [-0.3, -0.25) is 4.79 Å². The lowest BCUT2D eigenvalue weighted by molar-refractivity contribution is 0.0963. The Morgan fingerprint density at radius 2 is 2.08 bits per heavy atom. The van der Waals surface area contributed by atoms with Crippen LogP contribution >= 0.6 is 35.3 Å². The van der Waals surface area contributed by atoms with Crippen molar-refractivity contribution in [1.82, 2.24) is 20.9 Å². The molecule has 2 aromatic rings. The number of aromatic nitrogens is 1. The molecule has 0 aliphatic carbocycles. The maximum Gasteiger partial charge on any atom is 0.251 e. The van der Waals surface area contributed by atoms with Gasteiger partial charge in [-0.25, -0.2) is 9.98 Å². The highest BCUT2D eigenvalue weighted by Crippen LogP contribution is 2.12. The molecule has 0 aliphatic rings. The van der Waals surface area contributed by atoms with E-state index in [4.69, 9.17) is 0 Å². The van der Waals surface area contributed by atoms with E-state index in [2.05, 4.69) is 32.9 Å². The van der Waals surface area contributed by atoms with Crippen molar-refractivity contribution < 1.29 is 4.79 Å². The van der Waals surface area contributed by atoms with E-state index < -0.39 is 0 Å². The van der Waals surface area contributed by atoms with E-state index in [0.29, 0.717) is 18.7 Å². The van der Waals surface area contributed by atoms with E-state index in [1.807, 2.05) is 31.3 Å². The number of hydrogen-bond acceptors (Lipinski definition) is 4. The van der Waals surface area contributed by atoms with Crippen LogP contribution in [0.2, 0.25) is 0 Å². The summed E-state index contributed by atoms with van der Waals surface area (Å²) in [5, 5.41) is 10.2. The summed E-state index contributed by atoms with van der Waals surface area (Å²) in [5.74, 6) is 0.646. The molecule has 1 amide bonds. The molecule has 1 aromatic carbocycles. The number of aliphatic imine (C=N–C) groups is 1. The van der Waals surface area contributed by atoms with Gasteiger partial charge in [0, 0.05) is 30.2 Å². The third-order valence-electron chi connectivity index (χ3n) is 3.54. The van der Waals surface area contributed by atoms with Crippen molar-refractivity contribution in [2.45, 2.75) is 33.4 Å². The first-order valence-electron chi connectivity index (χ1n) is 8.43. The van der Waals surface area contributed by atoms with Gasteiger partial charge in [0.1, 0.15) is 5.01 Å². The number of halogens is 1. The Hall–Kier alpha value is -1.68. The zero-order valence-electron chi connectivity index (χ0n) is 15.3. The molecule has 0 aliphatic heterocycles. The van der Waals surface area contributed by atoms with Crippen LogP contribution in [-0.4, -0.2) is 30.4 Å². The number of guanidine groups is 1. The van der Waals surface area contributed by atoms with Gasteiger partial charge in [-0.15, -0.1) is 35.3 Å². The van der Waals surface area contributed by atoms with Crippen molar-refractivity contribution in [1.29, 1.82) is 0 Å². The van der Waals surface area contributed by atoms with Crippen LogP contribution in [0.15, 0.2) is 35.5 Å². The van der Waals surface area contributed by atoms with Crippen LogP contribution in [0.3, 0.4) is 0 Å². The summed E-state index contributed by atoms with van der Waals surface area (Å²) in [6.45, 7) is 6.08. The van der Waals surface area contributed by atoms with Crippen LogP contribution < -0.4 is 16.0 Å². The lowest BCUT2D eigenvalue weighted by Gasteiger charge is -2.10. The van der Waals surface area contributed by atoms with Crippen LogP contribution in [-0.2, 0) is 19.5 Å². The lowest BCUT2D eigenvalue weighted by Crippen LogP contribution is -2.36.